The molecule has 0 saturated heterocycles. The molecule has 0 spiro atoms. The van der Waals surface area contributed by atoms with Crippen molar-refractivity contribution in [2.75, 3.05) is 20.8 Å². The number of amides is 1. The zero-order valence-electron chi connectivity index (χ0n) is 17.6. The second-order valence-corrected chi connectivity index (χ2v) is 6.79. The van der Waals surface area contributed by atoms with Gasteiger partial charge in [-0.25, -0.2) is 4.98 Å². The first-order valence-corrected chi connectivity index (χ1v) is 9.82. The van der Waals surface area contributed by atoms with Gasteiger partial charge in [0.1, 0.15) is 17.8 Å². The van der Waals surface area contributed by atoms with Crippen molar-refractivity contribution in [3.05, 3.63) is 77.5 Å². The Hall–Kier alpha value is -3.32. The molecule has 0 saturated carbocycles. The van der Waals surface area contributed by atoms with Gasteiger partial charge >= 0.3 is 0 Å². The van der Waals surface area contributed by atoms with Crippen molar-refractivity contribution in [3.8, 4) is 11.5 Å². The van der Waals surface area contributed by atoms with Crippen LogP contribution in [0.5, 0.6) is 11.5 Å². The highest BCUT2D eigenvalue weighted by Gasteiger charge is 2.17. The van der Waals surface area contributed by atoms with E-state index in [9.17, 15) is 4.79 Å². The molecule has 0 aliphatic rings. The second kappa shape index (κ2) is 10.5. The molecule has 1 aromatic heterocycles. The fourth-order valence-corrected chi connectivity index (χ4v) is 3.19. The number of nitrogens with one attached hydrogen (secondary N) is 1. The molecule has 0 radical (unpaired) electrons. The molecule has 158 valence electrons. The Labute approximate surface area is 176 Å². The number of rotatable bonds is 10. The van der Waals surface area contributed by atoms with E-state index < -0.39 is 0 Å². The molecule has 7 nitrogen and oxygen atoms in total. The highest BCUT2D eigenvalue weighted by molar-refractivity contribution is 5.91. The van der Waals surface area contributed by atoms with E-state index in [1.165, 1.54) is 6.26 Å². The van der Waals surface area contributed by atoms with Crippen LogP contribution in [-0.4, -0.2) is 36.6 Å². The van der Waals surface area contributed by atoms with Crippen LogP contribution in [0, 0.1) is 0 Å². The maximum atomic E-state index is 12.0. The van der Waals surface area contributed by atoms with E-state index >= 15 is 0 Å². The summed E-state index contributed by atoms with van der Waals surface area (Å²) >= 11 is 0. The standard InChI is InChI=1S/C23H27N3O4/c1-4-24-23(27)20-16-30-22(25-20)15-26(13-17-8-6-5-7-9-17)14-18-12-19(28-2)10-11-21(18)29-3/h5-12,16H,4,13-15H2,1-3H3,(H,24,27). The summed E-state index contributed by atoms with van der Waals surface area (Å²) < 4.78 is 16.5. The van der Waals surface area contributed by atoms with Crippen molar-refractivity contribution < 1.29 is 18.7 Å². The maximum absolute atomic E-state index is 12.0. The molecule has 1 heterocycles. The lowest BCUT2D eigenvalue weighted by Crippen LogP contribution is -2.24. The summed E-state index contributed by atoms with van der Waals surface area (Å²) in [5.41, 5.74) is 2.43. The van der Waals surface area contributed by atoms with Crippen molar-refractivity contribution in [2.24, 2.45) is 0 Å². The molecular formula is C23H27N3O4. The van der Waals surface area contributed by atoms with E-state index in [1.54, 1.807) is 14.2 Å². The zero-order valence-corrected chi connectivity index (χ0v) is 17.6. The first-order valence-electron chi connectivity index (χ1n) is 9.82. The predicted octanol–water partition coefficient (Wildman–Crippen LogP) is 3.64. The largest absolute Gasteiger partial charge is 0.497 e. The lowest BCUT2D eigenvalue weighted by atomic mass is 10.1. The molecule has 7 heteroatoms. The highest BCUT2D eigenvalue weighted by atomic mass is 16.5. The zero-order chi connectivity index (χ0) is 21.3. The molecule has 0 unspecified atom stereocenters. The molecule has 3 aromatic rings. The molecule has 0 fully saturated rings. The fourth-order valence-electron chi connectivity index (χ4n) is 3.19. The summed E-state index contributed by atoms with van der Waals surface area (Å²) in [6, 6.07) is 15.9. The number of carbonyl (C=O) groups is 1. The van der Waals surface area contributed by atoms with E-state index in [4.69, 9.17) is 13.9 Å². The molecule has 3 rings (SSSR count). The normalized spacial score (nSPS) is 10.8. The van der Waals surface area contributed by atoms with E-state index in [0.717, 1.165) is 22.6 Å². The Morgan fingerprint density at radius 1 is 1.07 bits per heavy atom. The molecule has 0 bridgehead atoms. The number of hydrogen-bond donors (Lipinski definition) is 1. The predicted molar refractivity (Wildman–Crippen MR) is 113 cm³/mol. The molecule has 0 aliphatic carbocycles. The van der Waals surface area contributed by atoms with Crippen molar-refractivity contribution in [2.45, 2.75) is 26.6 Å². The van der Waals surface area contributed by atoms with Crippen LogP contribution < -0.4 is 14.8 Å². The van der Waals surface area contributed by atoms with Crippen LogP contribution in [0.3, 0.4) is 0 Å². The number of hydrogen-bond acceptors (Lipinski definition) is 6. The van der Waals surface area contributed by atoms with Gasteiger partial charge < -0.3 is 19.2 Å². The van der Waals surface area contributed by atoms with E-state index in [1.807, 2.05) is 43.3 Å². The van der Waals surface area contributed by atoms with Crippen LogP contribution in [0.15, 0.2) is 59.2 Å². The van der Waals surface area contributed by atoms with Crippen molar-refractivity contribution in [3.63, 3.8) is 0 Å². The molecule has 30 heavy (non-hydrogen) atoms. The van der Waals surface area contributed by atoms with Crippen LogP contribution in [-0.2, 0) is 19.6 Å². The van der Waals surface area contributed by atoms with Gasteiger partial charge in [-0.15, -0.1) is 0 Å². The Morgan fingerprint density at radius 2 is 1.87 bits per heavy atom. The Bertz CT molecular complexity index is 956. The lowest BCUT2D eigenvalue weighted by Gasteiger charge is -2.22. The topological polar surface area (TPSA) is 76.8 Å². The van der Waals surface area contributed by atoms with Crippen LogP contribution in [0.2, 0.25) is 0 Å². The fraction of sp³-hybridized carbons (Fsp3) is 0.304. The summed E-state index contributed by atoms with van der Waals surface area (Å²) in [7, 11) is 3.29. The third kappa shape index (κ3) is 5.61. The minimum Gasteiger partial charge on any atom is -0.497 e. The molecule has 2 aromatic carbocycles. The number of aromatic nitrogens is 1. The van der Waals surface area contributed by atoms with Crippen molar-refractivity contribution >= 4 is 5.91 Å². The number of nitrogens with zero attached hydrogens (tertiary/aromatic N) is 2. The first kappa shape index (κ1) is 21.4. The van der Waals surface area contributed by atoms with E-state index in [-0.39, 0.29) is 11.6 Å². The van der Waals surface area contributed by atoms with Crippen molar-refractivity contribution in [1.29, 1.82) is 0 Å². The van der Waals surface area contributed by atoms with Gasteiger partial charge in [-0.05, 0) is 30.7 Å². The minimum atomic E-state index is -0.239. The molecule has 1 amide bonds. The van der Waals surface area contributed by atoms with Gasteiger partial charge in [0, 0.05) is 25.2 Å². The summed E-state index contributed by atoms with van der Waals surface area (Å²) in [4.78, 5) is 18.5. The van der Waals surface area contributed by atoms with Gasteiger partial charge in [-0.2, -0.15) is 0 Å². The summed E-state index contributed by atoms with van der Waals surface area (Å²) in [5, 5.41) is 2.73. The Kier molecular flexibility index (Phi) is 7.45. The number of oxazole rings is 1. The third-order valence-electron chi connectivity index (χ3n) is 4.61. The lowest BCUT2D eigenvalue weighted by molar-refractivity contribution is 0.0950. The van der Waals surface area contributed by atoms with Gasteiger partial charge in [0.2, 0.25) is 5.89 Å². The number of ether oxygens (including phenoxy) is 2. The second-order valence-electron chi connectivity index (χ2n) is 6.79. The smallest absolute Gasteiger partial charge is 0.273 e. The average molecular weight is 409 g/mol. The minimum absolute atomic E-state index is 0.239. The van der Waals surface area contributed by atoms with Crippen LogP contribution in [0.4, 0.5) is 0 Å². The maximum Gasteiger partial charge on any atom is 0.273 e. The van der Waals surface area contributed by atoms with Crippen LogP contribution in [0.25, 0.3) is 0 Å². The summed E-state index contributed by atoms with van der Waals surface area (Å²) in [5.74, 6) is 1.79. The molecular weight excluding hydrogens is 382 g/mol. The van der Waals surface area contributed by atoms with Gasteiger partial charge in [0.15, 0.2) is 5.69 Å². The van der Waals surface area contributed by atoms with Gasteiger partial charge in [-0.3, -0.25) is 9.69 Å². The van der Waals surface area contributed by atoms with Crippen LogP contribution >= 0.6 is 0 Å². The van der Waals surface area contributed by atoms with Crippen molar-refractivity contribution in [1.82, 2.24) is 15.2 Å². The summed E-state index contributed by atoms with van der Waals surface area (Å²) in [6.07, 6.45) is 1.40. The average Bonchev–Trinajstić information content (AvgIpc) is 3.23. The van der Waals surface area contributed by atoms with E-state index in [2.05, 4.69) is 27.3 Å². The third-order valence-corrected chi connectivity index (χ3v) is 4.61. The molecule has 0 atom stereocenters. The van der Waals surface area contributed by atoms with Gasteiger partial charge in [-0.1, -0.05) is 30.3 Å². The number of carbonyl (C=O) groups excluding carboxylic acids is 1. The number of benzene rings is 2. The molecule has 1 N–H and O–H groups in total. The van der Waals surface area contributed by atoms with Crippen LogP contribution in [0.1, 0.15) is 34.4 Å². The Balaban J connectivity index is 1.83. The SMILES string of the molecule is CCNC(=O)c1coc(CN(Cc2ccccc2)Cc2cc(OC)ccc2OC)n1. The molecule has 0 aliphatic heterocycles. The monoisotopic (exact) mass is 409 g/mol. The van der Waals surface area contributed by atoms with Gasteiger partial charge in [0.05, 0.1) is 20.8 Å². The van der Waals surface area contributed by atoms with Gasteiger partial charge in [0.25, 0.3) is 5.91 Å². The Morgan fingerprint density at radius 3 is 2.57 bits per heavy atom. The number of methoxy groups -OCH3 is 2. The van der Waals surface area contributed by atoms with E-state index in [0.29, 0.717) is 32.1 Å². The highest BCUT2D eigenvalue weighted by Crippen LogP contribution is 2.26. The quantitative estimate of drug-likeness (QED) is 0.551. The first-order chi connectivity index (χ1) is 14.6. The summed E-state index contributed by atoms with van der Waals surface area (Å²) in [6.45, 7) is 4.11.